The van der Waals surface area contributed by atoms with E-state index < -0.39 is 11.7 Å². The zero-order valence-corrected chi connectivity index (χ0v) is 13.9. The molecule has 0 atom stereocenters. The van der Waals surface area contributed by atoms with Crippen molar-refractivity contribution >= 4 is 34.6 Å². The molecule has 2 aromatic carbocycles. The van der Waals surface area contributed by atoms with Gasteiger partial charge in [-0.05, 0) is 53.7 Å². The molecule has 3 rings (SSSR count). The number of carbonyl (C=O) groups is 1. The molecule has 0 saturated carbocycles. The second kappa shape index (κ2) is 7.06. The van der Waals surface area contributed by atoms with Crippen molar-refractivity contribution in [2.45, 2.75) is 6.18 Å². The summed E-state index contributed by atoms with van der Waals surface area (Å²) in [6.07, 6.45) is -2.83. The minimum Gasteiger partial charge on any atom is -0.300 e. The van der Waals surface area contributed by atoms with Gasteiger partial charge in [-0.3, -0.25) is 4.79 Å². The van der Waals surface area contributed by atoms with E-state index in [1.165, 1.54) is 12.1 Å². The summed E-state index contributed by atoms with van der Waals surface area (Å²) in [5.41, 5.74) is 0.522. The number of amidine groups is 1. The summed E-state index contributed by atoms with van der Waals surface area (Å²) in [7, 11) is 0. The highest BCUT2D eigenvalue weighted by Gasteiger charge is 2.30. The third kappa shape index (κ3) is 4.13. The monoisotopic (exact) mass is 373 g/mol. The van der Waals surface area contributed by atoms with Crippen molar-refractivity contribution in [1.82, 2.24) is 5.32 Å². The Bertz CT molecular complexity index is 957. The molecule has 1 aliphatic heterocycles. The summed E-state index contributed by atoms with van der Waals surface area (Å²) >= 11 is 1.04. The molecular weight excluding hydrogens is 363 g/mol. The Morgan fingerprint density at radius 3 is 2.54 bits per heavy atom. The first kappa shape index (κ1) is 17.8. The highest BCUT2D eigenvalue weighted by Crippen LogP contribution is 2.33. The predicted molar refractivity (Wildman–Crippen MR) is 93.4 cm³/mol. The van der Waals surface area contributed by atoms with Crippen LogP contribution in [0.1, 0.15) is 16.7 Å². The van der Waals surface area contributed by atoms with E-state index in [2.05, 4.69) is 10.3 Å². The molecule has 0 spiro atoms. The van der Waals surface area contributed by atoms with Crippen LogP contribution in [-0.4, -0.2) is 11.1 Å². The van der Waals surface area contributed by atoms with Crippen LogP contribution < -0.4 is 5.32 Å². The van der Waals surface area contributed by atoms with Gasteiger partial charge in [-0.2, -0.15) is 18.4 Å². The molecule has 1 heterocycles. The van der Waals surface area contributed by atoms with Crippen LogP contribution in [-0.2, 0) is 11.0 Å². The lowest BCUT2D eigenvalue weighted by Crippen LogP contribution is -2.19. The van der Waals surface area contributed by atoms with Crippen molar-refractivity contribution in [2.24, 2.45) is 4.99 Å². The largest absolute Gasteiger partial charge is 0.416 e. The summed E-state index contributed by atoms with van der Waals surface area (Å²) in [6.45, 7) is 0. The topological polar surface area (TPSA) is 65.2 Å². The normalized spacial score (nSPS) is 17.4. The van der Waals surface area contributed by atoms with Crippen LogP contribution in [0.2, 0.25) is 0 Å². The van der Waals surface area contributed by atoms with Crippen LogP contribution in [0.3, 0.4) is 0 Å². The number of halogens is 3. The van der Waals surface area contributed by atoms with Crippen LogP contribution in [0, 0.1) is 11.3 Å². The maximum atomic E-state index is 12.7. The molecule has 1 aliphatic rings. The van der Waals surface area contributed by atoms with Gasteiger partial charge in [0.1, 0.15) is 0 Å². The molecule has 8 heteroatoms. The van der Waals surface area contributed by atoms with E-state index in [1.807, 2.05) is 6.07 Å². The number of aliphatic imine (C=N–C) groups is 1. The lowest BCUT2D eigenvalue weighted by molar-refractivity contribution is -0.137. The fourth-order valence-electron chi connectivity index (χ4n) is 2.15. The number of hydrogen-bond acceptors (Lipinski definition) is 4. The van der Waals surface area contributed by atoms with Crippen molar-refractivity contribution in [3.05, 3.63) is 70.1 Å². The van der Waals surface area contributed by atoms with E-state index in [0.717, 1.165) is 29.5 Å². The van der Waals surface area contributed by atoms with Crippen molar-refractivity contribution < 1.29 is 18.0 Å². The average Bonchev–Trinajstić information content (AvgIpc) is 2.94. The van der Waals surface area contributed by atoms with Gasteiger partial charge < -0.3 is 5.32 Å². The number of nitriles is 1. The number of amides is 1. The van der Waals surface area contributed by atoms with Gasteiger partial charge in [-0.15, -0.1) is 0 Å². The minimum atomic E-state index is -4.46. The molecular formula is C18H10F3N3OS. The second-order valence-corrected chi connectivity index (χ2v) is 6.29. The van der Waals surface area contributed by atoms with E-state index in [1.54, 1.807) is 30.3 Å². The Morgan fingerprint density at radius 1 is 1.15 bits per heavy atom. The summed E-state index contributed by atoms with van der Waals surface area (Å²) < 4.78 is 38.2. The average molecular weight is 373 g/mol. The van der Waals surface area contributed by atoms with Crippen LogP contribution in [0.15, 0.2) is 58.4 Å². The zero-order chi connectivity index (χ0) is 18.7. The van der Waals surface area contributed by atoms with E-state index in [0.29, 0.717) is 10.5 Å². The van der Waals surface area contributed by atoms with Crippen molar-refractivity contribution in [2.75, 3.05) is 0 Å². The number of nitrogens with zero attached hydrogens (tertiary/aromatic N) is 2. The van der Waals surface area contributed by atoms with Crippen LogP contribution in [0.4, 0.5) is 18.9 Å². The number of carbonyl (C=O) groups excluding carboxylic acids is 1. The van der Waals surface area contributed by atoms with E-state index in [9.17, 15) is 18.0 Å². The quantitative estimate of drug-likeness (QED) is 0.790. The molecule has 1 N–H and O–H groups in total. The summed E-state index contributed by atoms with van der Waals surface area (Å²) in [5.74, 6) is -0.384. The van der Waals surface area contributed by atoms with E-state index in [4.69, 9.17) is 5.26 Å². The van der Waals surface area contributed by atoms with E-state index in [-0.39, 0.29) is 16.8 Å². The first-order valence-corrected chi connectivity index (χ1v) is 8.14. The Balaban J connectivity index is 1.82. The van der Waals surface area contributed by atoms with Crippen molar-refractivity contribution in [3.63, 3.8) is 0 Å². The Morgan fingerprint density at radius 2 is 1.88 bits per heavy atom. The molecule has 130 valence electrons. The molecule has 0 bridgehead atoms. The molecule has 1 fully saturated rings. The van der Waals surface area contributed by atoms with Gasteiger partial charge in [0.25, 0.3) is 5.91 Å². The van der Waals surface area contributed by atoms with Gasteiger partial charge in [-0.1, -0.05) is 18.2 Å². The summed E-state index contributed by atoms with van der Waals surface area (Å²) in [5, 5.41) is 11.5. The molecule has 0 radical (unpaired) electrons. The maximum absolute atomic E-state index is 12.7. The molecule has 1 amide bonds. The first-order chi connectivity index (χ1) is 12.3. The number of hydrogen-bond donors (Lipinski definition) is 1. The van der Waals surface area contributed by atoms with Gasteiger partial charge in [0, 0.05) is 0 Å². The molecule has 0 unspecified atom stereocenters. The Labute approximate surface area is 151 Å². The Hall–Kier alpha value is -3.05. The molecule has 0 aliphatic carbocycles. The van der Waals surface area contributed by atoms with E-state index >= 15 is 0 Å². The highest BCUT2D eigenvalue weighted by atomic mass is 32.2. The number of rotatable bonds is 2. The maximum Gasteiger partial charge on any atom is 0.416 e. The van der Waals surface area contributed by atoms with Gasteiger partial charge >= 0.3 is 6.18 Å². The standard InChI is InChI=1S/C18H10F3N3OS/c19-18(20,21)13-2-1-3-14(9-13)23-17-24-16(25)15(26-17)8-11-4-6-12(10-22)7-5-11/h1-9H,(H,23,24,25)/b15-8+. The third-order valence-corrected chi connectivity index (χ3v) is 4.30. The van der Waals surface area contributed by atoms with Gasteiger partial charge in [0.2, 0.25) is 0 Å². The number of thioether (sulfide) groups is 1. The fraction of sp³-hybridized carbons (Fsp3) is 0.0556. The molecule has 26 heavy (non-hydrogen) atoms. The third-order valence-electron chi connectivity index (χ3n) is 3.39. The van der Waals surface area contributed by atoms with Gasteiger partial charge in [-0.25, -0.2) is 4.99 Å². The van der Waals surface area contributed by atoms with Crippen LogP contribution in [0.25, 0.3) is 6.08 Å². The summed E-state index contributed by atoms with van der Waals surface area (Å²) in [6, 6.07) is 13.2. The van der Waals surface area contributed by atoms with Gasteiger partial charge in [0.05, 0.1) is 27.8 Å². The smallest absolute Gasteiger partial charge is 0.300 e. The molecule has 2 aromatic rings. The number of benzene rings is 2. The molecule has 4 nitrogen and oxygen atoms in total. The lowest BCUT2D eigenvalue weighted by atomic mass is 10.1. The fourth-order valence-corrected chi connectivity index (χ4v) is 3.00. The Kier molecular flexibility index (Phi) is 4.82. The number of nitrogens with one attached hydrogen (secondary N) is 1. The minimum absolute atomic E-state index is 0.0993. The first-order valence-electron chi connectivity index (χ1n) is 7.32. The SMILES string of the molecule is N#Cc1ccc(/C=C2/SC(=Nc3cccc(C(F)(F)F)c3)NC2=O)cc1. The molecule has 0 aromatic heterocycles. The lowest BCUT2D eigenvalue weighted by Gasteiger charge is -2.06. The number of alkyl halides is 3. The predicted octanol–water partition coefficient (Wildman–Crippen LogP) is 4.47. The van der Waals surface area contributed by atoms with Crippen LogP contribution in [0.5, 0.6) is 0 Å². The molecule has 1 saturated heterocycles. The van der Waals surface area contributed by atoms with Crippen LogP contribution >= 0.6 is 11.8 Å². The summed E-state index contributed by atoms with van der Waals surface area (Å²) in [4.78, 5) is 16.4. The van der Waals surface area contributed by atoms with Crippen molar-refractivity contribution in [1.29, 1.82) is 5.26 Å². The van der Waals surface area contributed by atoms with Gasteiger partial charge in [0.15, 0.2) is 5.17 Å². The van der Waals surface area contributed by atoms with Crippen molar-refractivity contribution in [3.8, 4) is 6.07 Å². The highest BCUT2D eigenvalue weighted by molar-refractivity contribution is 8.18. The second-order valence-electron chi connectivity index (χ2n) is 5.26. The zero-order valence-electron chi connectivity index (χ0n) is 13.0.